The zero-order valence-corrected chi connectivity index (χ0v) is 18.5. The Kier molecular flexibility index (Phi) is 6.31. The van der Waals surface area contributed by atoms with Crippen molar-refractivity contribution in [1.29, 1.82) is 0 Å². The van der Waals surface area contributed by atoms with Crippen molar-refractivity contribution in [2.24, 2.45) is 5.92 Å². The fraction of sp³-hybridized carbons (Fsp3) is 0.364. The maximum Gasteiger partial charge on any atom is 0.243 e. The molecule has 31 heavy (non-hydrogen) atoms. The van der Waals surface area contributed by atoms with Gasteiger partial charge in [0.2, 0.25) is 21.8 Å². The van der Waals surface area contributed by atoms with Crippen LogP contribution in [0.1, 0.15) is 25.7 Å². The summed E-state index contributed by atoms with van der Waals surface area (Å²) in [7, 11) is -3.68. The Labute approximate surface area is 187 Å². The van der Waals surface area contributed by atoms with Gasteiger partial charge in [-0.3, -0.25) is 9.59 Å². The molecule has 2 heterocycles. The molecule has 2 saturated heterocycles. The highest BCUT2D eigenvalue weighted by molar-refractivity contribution is 7.89. The van der Waals surface area contributed by atoms with E-state index in [1.54, 1.807) is 29.2 Å². The lowest BCUT2D eigenvalue weighted by Gasteiger charge is -2.31. The second-order valence-electron chi connectivity index (χ2n) is 7.84. The third-order valence-corrected chi connectivity index (χ3v) is 7.86. The average Bonchev–Trinajstić information content (AvgIpc) is 3.20. The summed E-state index contributed by atoms with van der Waals surface area (Å²) < 4.78 is 27.2. The molecule has 2 aromatic carbocycles. The van der Waals surface area contributed by atoms with Crippen LogP contribution in [0.4, 0.5) is 11.4 Å². The van der Waals surface area contributed by atoms with Crippen LogP contribution in [-0.2, 0) is 19.6 Å². The van der Waals surface area contributed by atoms with Crippen molar-refractivity contribution in [2.75, 3.05) is 29.9 Å². The molecule has 0 saturated carbocycles. The highest BCUT2D eigenvalue weighted by atomic mass is 35.5. The van der Waals surface area contributed by atoms with Crippen LogP contribution in [0.3, 0.4) is 0 Å². The summed E-state index contributed by atoms with van der Waals surface area (Å²) in [6.07, 6.45) is 2.66. The lowest BCUT2D eigenvalue weighted by Crippen LogP contribution is -2.43. The molecule has 1 atom stereocenters. The van der Waals surface area contributed by atoms with Gasteiger partial charge in [0.15, 0.2) is 0 Å². The molecule has 0 aromatic heterocycles. The SMILES string of the molecule is O=C(Nc1ccc(N2CCCC2=O)cc1)[C@H]1CCCN(S(=O)(=O)c2ccc(Cl)cc2)C1. The predicted molar refractivity (Wildman–Crippen MR) is 120 cm³/mol. The van der Waals surface area contributed by atoms with Crippen LogP contribution in [0, 0.1) is 5.92 Å². The van der Waals surface area contributed by atoms with Gasteiger partial charge in [-0.2, -0.15) is 4.31 Å². The van der Waals surface area contributed by atoms with Crippen molar-refractivity contribution in [3.8, 4) is 0 Å². The minimum atomic E-state index is -3.68. The Morgan fingerprint density at radius 2 is 1.71 bits per heavy atom. The summed E-state index contributed by atoms with van der Waals surface area (Å²) in [4.78, 5) is 26.6. The third-order valence-electron chi connectivity index (χ3n) is 5.73. The van der Waals surface area contributed by atoms with Gasteiger partial charge in [0.1, 0.15) is 0 Å². The summed E-state index contributed by atoms with van der Waals surface area (Å²) in [5.41, 5.74) is 1.44. The second-order valence-corrected chi connectivity index (χ2v) is 10.2. The van der Waals surface area contributed by atoms with Gasteiger partial charge < -0.3 is 10.2 Å². The van der Waals surface area contributed by atoms with Gasteiger partial charge in [0.25, 0.3) is 0 Å². The number of amides is 2. The first kappa shape index (κ1) is 21.8. The molecule has 0 radical (unpaired) electrons. The van der Waals surface area contributed by atoms with E-state index in [4.69, 9.17) is 11.6 Å². The molecule has 2 amide bonds. The molecular weight excluding hydrogens is 438 g/mol. The van der Waals surface area contributed by atoms with Crippen molar-refractivity contribution < 1.29 is 18.0 Å². The molecule has 164 valence electrons. The zero-order chi connectivity index (χ0) is 22.0. The van der Waals surface area contributed by atoms with Crippen LogP contribution in [0.2, 0.25) is 5.02 Å². The molecule has 0 aliphatic carbocycles. The van der Waals surface area contributed by atoms with Gasteiger partial charge in [0, 0.05) is 42.5 Å². The third kappa shape index (κ3) is 4.76. The zero-order valence-electron chi connectivity index (χ0n) is 17.0. The van der Waals surface area contributed by atoms with Gasteiger partial charge in [-0.1, -0.05) is 11.6 Å². The van der Waals surface area contributed by atoms with E-state index in [0.29, 0.717) is 43.1 Å². The molecular formula is C22H24ClN3O4S. The van der Waals surface area contributed by atoms with Gasteiger partial charge in [-0.05, 0) is 67.8 Å². The maximum atomic E-state index is 12.9. The van der Waals surface area contributed by atoms with E-state index in [9.17, 15) is 18.0 Å². The lowest BCUT2D eigenvalue weighted by molar-refractivity contribution is -0.121. The summed E-state index contributed by atoms with van der Waals surface area (Å²) in [6, 6.07) is 13.2. The number of carbonyl (C=O) groups is 2. The molecule has 0 bridgehead atoms. The molecule has 4 rings (SSSR count). The Morgan fingerprint density at radius 1 is 1.00 bits per heavy atom. The number of sulfonamides is 1. The van der Waals surface area contributed by atoms with E-state index in [0.717, 1.165) is 12.1 Å². The van der Waals surface area contributed by atoms with Gasteiger partial charge >= 0.3 is 0 Å². The van der Waals surface area contributed by atoms with Crippen LogP contribution in [0.25, 0.3) is 0 Å². The van der Waals surface area contributed by atoms with E-state index in [1.165, 1.54) is 16.4 Å². The summed E-state index contributed by atoms with van der Waals surface area (Å²) in [5.74, 6) is -0.530. The monoisotopic (exact) mass is 461 g/mol. The smallest absolute Gasteiger partial charge is 0.243 e. The molecule has 9 heteroatoms. The normalized spacial score (nSPS) is 20.1. The number of hydrogen-bond donors (Lipinski definition) is 1. The number of piperidine rings is 1. The lowest BCUT2D eigenvalue weighted by atomic mass is 9.98. The van der Waals surface area contributed by atoms with Gasteiger partial charge in [0.05, 0.1) is 10.8 Å². The van der Waals surface area contributed by atoms with Gasteiger partial charge in [-0.25, -0.2) is 8.42 Å². The molecule has 2 aromatic rings. The topological polar surface area (TPSA) is 86.8 Å². The maximum absolute atomic E-state index is 12.9. The molecule has 2 fully saturated rings. The number of nitrogens with zero attached hydrogens (tertiary/aromatic N) is 2. The van der Waals surface area contributed by atoms with Crippen molar-refractivity contribution in [3.05, 3.63) is 53.6 Å². The quantitative estimate of drug-likeness (QED) is 0.738. The Morgan fingerprint density at radius 3 is 2.35 bits per heavy atom. The van der Waals surface area contributed by atoms with Crippen LogP contribution >= 0.6 is 11.6 Å². The molecule has 2 aliphatic heterocycles. The van der Waals surface area contributed by atoms with E-state index in [1.807, 2.05) is 12.1 Å². The summed E-state index contributed by atoms with van der Waals surface area (Å²) >= 11 is 5.86. The van der Waals surface area contributed by atoms with E-state index in [2.05, 4.69) is 5.32 Å². The van der Waals surface area contributed by atoms with Crippen LogP contribution in [0.5, 0.6) is 0 Å². The number of halogens is 1. The number of carbonyl (C=O) groups excluding carboxylic acids is 2. The standard InChI is InChI=1S/C22H24ClN3O4S/c23-17-5-11-20(12-6-17)31(29,30)25-13-1-3-16(15-25)22(28)24-18-7-9-19(10-8-18)26-14-2-4-21(26)27/h5-12,16H,1-4,13-15H2,(H,24,28)/t16-/m0/s1. The van der Waals surface area contributed by atoms with E-state index in [-0.39, 0.29) is 23.3 Å². The molecule has 0 unspecified atom stereocenters. The second kappa shape index (κ2) is 8.98. The van der Waals surface area contributed by atoms with Crippen LogP contribution in [-0.4, -0.2) is 44.2 Å². The minimum absolute atomic E-state index is 0.112. The fourth-order valence-electron chi connectivity index (χ4n) is 4.02. The minimum Gasteiger partial charge on any atom is -0.326 e. The van der Waals surface area contributed by atoms with Crippen LogP contribution < -0.4 is 10.2 Å². The summed E-state index contributed by atoms with van der Waals surface area (Å²) in [6.45, 7) is 1.23. The fourth-order valence-corrected chi connectivity index (χ4v) is 5.67. The average molecular weight is 462 g/mol. The number of nitrogens with one attached hydrogen (secondary N) is 1. The first-order chi connectivity index (χ1) is 14.8. The Balaban J connectivity index is 1.41. The van der Waals surface area contributed by atoms with Crippen LogP contribution in [0.15, 0.2) is 53.4 Å². The Hall–Kier alpha value is -2.42. The molecule has 1 N–H and O–H groups in total. The number of rotatable bonds is 5. The number of benzene rings is 2. The summed E-state index contributed by atoms with van der Waals surface area (Å²) in [5, 5.41) is 3.35. The van der Waals surface area contributed by atoms with Crippen molar-refractivity contribution in [1.82, 2.24) is 4.31 Å². The number of anilines is 2. The largest absolute Gasteiger partial charge is 0.326 e. The van der Waals surface area contributed by atoms with Crippen molar-refractivity contribution in [2.45, 2.75) is 30.6 Å². The molecule has 2 aliphatic rings. The predicted octanol–water partition coefficient (Wildman–Crippen LogP) is 3.51. The van der Waals surface area contributed by atoms with Crippen molar-refractivity contribution >= 4 is 44.8 Å². The highest BCUT2D eigenvalue weighted by Crippen LogP contribution is 2.27. The molecule has 7 nitrogen and oxygen atoms in total. The van der Waals surface area contributed by atoms with E-state index >= 15 is 0 Å². The first-order valence-corrected chi connectivity index (χ1v) is 12.1. The first-order valence-electron chi connectivity index (χ1n) is 10.3. The van der Waals surface area contributed by atoms with Gasteiger partial charge in [-0.15, -0.1) is 0 Å². The molecule has 0 spiro atoms. The van der Waals surface area contributed by atoms with Crippen molar-refractivity contribution in [3.63, 3.8) is 0 Å². The highest BCUT2D eigenvalue weighted by Gasteiger charge is 2.33. The van der Waals surface area contributed by atoms with E-state index < -0.39 is 15.9 Å². The number of hydrogen-bond acceptors (Lipinski definition) is 4. The Bertz CT molecular complexity index is 1070.